The lowest BCUT2D eigenvalue weighted by atomic mass is 10.0. The van der Waals surface area contributed by atoms with Crippen molar-refractivity contribution in [1.29, 1.82) is 0 Å². The Hall–Kier alpha value is -1.87. The molecule has 0 spiro atoms. The fourth-order valence-corrected chi connectivity index (χ4v) is 3.14. The molecular weight excluding hydrogens is 260 g/mol. The molecule has 1 atom stereocenters. The van der Waals surface area contributed by atoms with Gasteiger partial charge in [-0.2, -0.15) is 0 Å². The van der Waals surface area contributed by atoms with E-state index in [9.17, 15) is 4.79 Å². The molecular formula is C18H22N2O. The minimum absolute atomic E-state index is 0.0299. The number of nitrogens with one attached hydrogen (secondary N) is 1. The summed E-state index contributed by atoms with van der Waals surface area (Å²) in [4.78, 5) is 14.8. The van der Waals surface area contributed by atoms with E-state index in [1.807, 2.05) is 36.1 Å². The summed E-state index contributed by atoms with van der Waals surface area (Å²) in [6.45, 7) is 3.69. The Morgan fingerprint density at radius 3 is 2.76 bits per heavy atom. The molecule has 1 heterocycles. The Morgan fingerprint density at radius 1 is 1.19 bits per heavy atom. The van der Waals surface area contributed by atoms with Crippen molar-refractivity contribution < 1.29 is 4.79 Å². The summed E-state index contributed by atoms with van der Waals surface area (Å²) in [5.74, 6) is 0.202. The van der Waals surface area contributed by atoms with Crippen molar-refractivity contribution in [3.63, 3.8) is 0 Å². The number of anilines is 1. The van der Waals surface area contributed by atoms with Gasteiger partial charge < -0.3 is 10.2 Å². The summed E-state index contributed by atoms with van der Waals surface area (Å²) >= 11 is 0. The molecule has 2 aromatic carbocycles. The van der Waals surface area contributed by atoms with Crippen LogP contribution in [0.4, 0.5) is 5.69 Å². The summed E-state index contributed by atoms with van der Waals surface area (Å²) in [7, 11) is 0. The second kappa shape index (κ2) is 6.27. The van der Waals surface area contributed by atoms with E-state index in [2.05, 4.69) is 23.5 Å². The molecule has 1 fully saturated rings. The maximum absolute atomic E-state index is 12.8. The SMILES string of the molecule is CCN(C(=O)[C@H]1CCCCN1)c1cccc2ccccc12. The Labute approximate surface area is 125 Å². The zero-order chi connectivity index (χ0) is 14.7. The van der Waals surface area contributed by atoms with Gasteiger partial charge in [-0.3, -0.25) is 4.79 Å². The normalized spacial score (nSPS) is 18.6. The van der Waals surface area contributed by atoms with Gasteiger partial charge in [0.15, 0.2) is 0 Å². The highest BCUT2D eigenvalue weighted by Crippen LogP contribution is 2.27. The first kappa shape index (κ1) is 14.1. The molecule has 0 bridgehead atoms. The van der Waals surface area contributed by atoms with Gasteiger partial charge in [0.05, 0.1) is 11.7 Å². The van der Waals surface area contributed by atoms with Crippen LogP contribution in [0, 0.1) is 0 Å². The van der Waals surface area contributed by atoms with Crippen LogP contribution in [-0.4, -0.2) is 25.0 Å². The van der Waals surface area contributed by atoms with Gasteiger partial charge in [-0.15, -0.1) is 0 Å². The Kier molecular flexibility index (Phi) is 4.20. The maximum Gasteiger partial charge on any atom is 0.244 e. The molecule has 0 radical (unpaired) electrons. The van der Waals surface area contributed by atoms with Crippen molar-refractivity contribution in [3.05, 3.63) is 42.5 Å². The molecule has 0 unspecified atom stereocenters. The summed E-state index contributed by atoms with van der Waals surface area (Å²) < 4.78 is 0. The Morgan fingerprint density at radius 2 is 2.00 bits per heavy atom. The van der Waals surface area contributed by atoms with Gasteiger partial charge in [0, 0.05) is 11.9 Å². The van der Waals surface area contributed by atoms with Crippen LogP contribution >= 0.6 is 0 Å². The lowest BCUT2D eigenvalue weighted by Crippen LogP contribution is -2.48. The number of piperidine rings is 1. The third kappa shape index (κ3) is 2.79. The van der Waals surface area contributed by atoms with Crippen LogP contribution in [0.5, 0.6) is 0 Å². The van der Waals surface area contributed by atoms with E-state index in [0.717, 1.165) is 30.5 Å². The average molecular weight is 282 g/mol. The summed E-state index contributed by atoms with van der Waals surface area (Å²) in [5, 5.41) is 5.68. The third-order valence-corrected chi connectivity index (χ3v) is 4.25. The van der Waals surface area contributed by atoms with Crippen LogP contribution in [0.25, 0.3) is 10.8 Å². The molecule has 3 heteroatoms. The topological polar surface area (TPSA) is 32.3 Å². The highest BCUT2D eigenvalue weighted by Gasteiger charge is 2.26. The molecule has 1 aliphatic rings. The summed E-state index contributed by atoms with van der Waals surface area (Å²) in [6.07, 6.45) is 3.25. The second-order valence-corrected chi connectivity index (χ2v) is 5.58. The van der Waals surface area contributed by atoms with Crippen LogP contribution < -0.4 is 10.2 Å². The van der Waals surface area contributed by atoms with Gasteiger partial charge >= 0.3 is 0 Å². The molecule has 0 aliphatic carbocycles. The first-order valence-electron chi connectivity index (χ1n) is 7.84. The van der Waals surface area contributed by atoms with Crippen LogP contribution in [0.1, 0.15) is 26.2 Å². The van der Waals surface area contributed by atoms with E-state index < -0.39 is 0 Å². The monoisotopic (exact) mass is 282 g/mol. The number of amides is 1. The number of carbonyl (C=O) groups excluding carboxylic acids is 1. The quantitative estimate of drug-likeness (QED) is 0.936. The second-order valence-electron chi connectivity index (χ2n) is 5.58. The molecule has 1 aliphatic heterocycles. The first-order valence-corrected chi connectivity index (χ1v) is 7.84. The van der Waals surface area contributed by atoms with Crippen molar-refractivity contribution >= 4 is 22.4 Å². The van der Waals surface area contributed by atoms with Gasteiger partial charge in [0.1, 0.15) is 0 Å². The van der Waals surface area contributed by atoms with Gasteiger partial charge in [0.2, 0.25) is 5.91 Å². The van der Waals surface area contributed by atoms with E-state index in [0.29, 0.717) is 6.54 Å². The lowest BCUT2D eigenvalue weighted by molar-refractivity contribution is -0.121. The fraction of sp³-hybridized carbons (Fsp3) is 0.389. The van der Waals surface area contributed by atoms with Crippen molar-refractivity contribution in [2.45, 2.75) is 32.2 Å². The highest BCUT2D eigenvalue weighted by atomic mass is 16.2. The van der Waals surface area contributed by atoms with Gasteiger partial charge in [-0.25, -0.2) is 0 Å². The van der Waals surface area contributed by atoms with E-state index in [-0.39, 0.29) is 11.9 Å². The van der Waals surface area contributed by atoms with Crippen molar-refractivity contribution in [3.8, 4) is 0 Å². The molecule has 0 aromatic heterocycles. The number of likely N-dealkylation sites (N-methyl/N-ethyl adjacent to an activating group) is 1. The standard InChI is InChI=1S/C18H22N2O/c1-2-20(18(21)16-11-5-6-13-19-16)17-12-7-9-14-8-3-4-10-15(14)17/h3-4,7-10,12,16,19H,2,5-6,11,13H2,1H3/t16-/m1/s1. The molecule has 2 aromatic rings. The van der Waals surface area contributed by atoms with Crippen LogP contribution in [-0.2, 0) is 4.79 Å². The van der Waals surface area contributed by atoms with E-state index in [4.69, 9.17) is 0 Å². The fourth-order valence-electron chi connectivity index (χ4n) is 3.14. The van der Waals surface area contributed by atoms with E-state index in [1.165, 1.54) is 11.8 Å². The van der Waals surface area contributed by atoms with Gasteiger partial charge in [-0.05, 0) is 37.8 Å². The zero-order valence-corrected chi connectivity index (χ0v) is 12.5. The van der Waals surface area contributed by atoms with Crippen molar-refractivity contribution in [1.82, 2.24) is 5.32 Å². The number of benzene rings is 2. The number of hydrogen-bond donors (Lipinski definition) is 1. The zero-order valence-electron chi connectivity index (χ0n) is 12.5. The number of carbonyl (C=O) groups is 1. The molecule has 3 rings (SSSR count). The van der Waals surface area contributed by atoms with Crippen LogP contribution in [0.2, 0.25) is 0 Å². The smallest absolute Gasteiger partial charge is 0.244 e. The molecule has 110 valence electrons. The first-order chi connectivity index (χ1) is 10.3. The molecule has 1 N–H and O–H groups in total. The van der Waals surface area contributed by atoms with Crippen molar-refractivity contribution in [2.24, 2.45) is 0 Å². The third-order valence-electron chi connectivity index (χ3n) is 4.25. The molecule has 3 nitrogen and oxygen atoms in total. The van der Waals surface area contributed by atoms with Crippen molar-refractivity contribution in [2.75, 3.05) is 18.0 Å². The van der Waals surface area contributed by atoms with E-state index in [1.54, 1.807) is 0 Å². The largest absolute Gasteiger partial charge is 0.311 e. The van der Waals surface area contributed by atoms with Crippen LogP contribution in [0.3, 0.4) is 0 Å². The van der Waals surface area contributed by atoms with Gasteiger partial charge in [0.25, 0.3) is 0 Å². The maximum atomic E-state index is 12.8. The lowest BCUT2D eigenvalue weighted by Gasteiger charge is -2.30. The summed E-state index contributed by atoms with van der Waals surface area (Å²) in [6, 6.07) is 14.4. The predicted octanol–water partition coefficient (Wildman–Crippen LogP) is 3.33. The Bertz CT molecular complexity index is 627. The molecule has 21 heavy (non-hydrogen) atoms. The number of nitrogens with zero attached hydrogens (tertiary/aromatic N) is 1. The average Bonchev–Trinajstić information content (AvgIpc) is 2.56. The van der Waals surface area contributed by atoms with Gasteiger partial charge in [-0.1, -0.05) is 42.8 Å². The predicted molar refractivity (Wildman–Crippen MR) is 87.6 cm³/mol. The minimum Gasteiger partial charge on any atom is -0.311 e. The molecule has 1 amide bonds. The number of rotatable bonds is 3. The highest BCUT2D eigenvalue weighted by molar-refractivity contribution is 6.05. The minimum atomic E-state index is -0.0299. The van der Waals surface area contributed by atoms with Crippen LogP contribution in [0.15, 0.2) is 42.5 Å². The van der Waals surface area contributed by atoms with E-state index >= 15 is 0 Å². The number of hydrogen-bond acceptors (Lipinski definition) is 2. The molecule has 0 saturated carbocycles. The molecule has 1 saturated heterocycles. The Balaban J connectivity index is 1.96. The number of fused-ring (bicyclic) bond motifs is 1. The summed E-state index contributed by atoms with van der Waals surface area (Å²) in [5.41, 5.74) is 1.02.